The summed E-state index contributed by atoms with van der Waals surface area (Å²) in [4.78, 5) is 11.9. The molecule has 0 radical (unpaired) electrons. The number of rotatable bonds is 9. The number of hydrogen-bond donors (Lipinski definition) is 2. The lowest BCUT2D eigenvalue weighted by Crippen LogP contribution is -2.26. The number of carbonyl (C=O) groups is 1. The molecule has 0 spiro atoms. The third-order valence-electron chi connectivity index (χ3n) is 3.32. The number of aromatic nitrogens is 2. The fourth-order valence-electron chi connectivity index (χ4n) is 2.08. The van der Waals surface area contributed by atoms with Gasteiger partial charge in [0.1, 0.15) is 5.82 Å². The molecule has 0 aliphatic carbocycles. The number of halogens is 1. The Labute approximate surface area is 146 Å². The molecule has 7 heteroatoms. The first-order valence-electron chi connectivity index (χ1n) is 7.78. The predicted octanol–water partition coefficient (Wildman–Crippen LogP) is 2.55. The summed E-state index contributed by atoms with van der Waals surface area (Å²) in [5, 5.41) is 14.6. The minimum absolute atomic E-state index is 0.232. The molecule has 0 unspecified atom stereocenters. The summed E-state index contributed by atoms with van der Waals surface area (Å²) >= 11 is 5.95. The normalized spacial score (nSPS) is 10.4. The Hall–Kier alpha value is -2.18. The van der Waals surface area contributed by atoms with Crippen LogP contribution in [0.3, 0.4) is 0 Å². The van der Waals surface area contributed by atoms with E-state index in [1.165, 1.54) is 0 Å². The molecule has 128 valence electrons. The van der Waals surface area contributed by atoms with Crippen molar-refractivity contribution < 1.29 is 9.53 Å². The highest BCUT2D eigenvalue weighted by Gasteiger charge is 2.07. The van der Waals surface area contributed by atoms with E-state index in [-0.39, 0.29) is 5.91 Å². The fourth-order valence-corrected chi connectivity index (χ4v) is 2.30. The van der Waals surface area contributed by atoms with Crippen molar-refractivity contribution in [2.45, 2.75) is 12.8 Å². The predicted molar refractivity (Wildman–Crippen MR) is 94.5 cm³/mol. The van der Waals surface area contributed by atoms with Crippen LogP contribution in [-0.4, -0.2) is 42.9 Å². The number of nitrogens with zero attached hydrogens (tertiary/aromatic N) is 2. The molecule has 0 saturated heterocycles. The summed E-state index contributed by atoms with van der Waals surface area (Å²) in [6.07, 6.45) is 1.59. The average Bonchev–Trinajstić information content (AvgIpc) is 2.59. The molecule has 1 aromatic carbocycles. The summed E-state index contributed by atoms with van der Waals surface area (Å²) in [5.41, 5.74) is 1.45. The van der Waals surface area contributed by atoms with Gasteiger partial charge in [-0.05, 0) is 42.7 Å². The van der Waals surface area contributed by atoms with Crippen molar-refractivity contribution in [1.82, 2.24) is 15.5 Å². The highest BCUT2D eigenvalue weighted by Crippen LogP contribution is 2.11. The molecule has 2 N–H and O–H groups in total. The molecule has 24 heavy (non-hydrogen) atoms. The van der Waals surface area contributed by atoms with Gasteiger partial charge in [-0.15, -0.1) is 10.2 Å². The van der Waals surface area contributed by atoms with Gasteiger partial charge in [-0.25, -0.2) is 0 Å². The number of amides is 1. The molecule has 0 aliphatic rings. The highest BCUT2D eigenvalue weighted by molar-refractivity contribution is 6.30. The van der Waals surface area contributed by atoms with Gasteiger partial charge in [-0.1, -0.05) is 23.7 Å². The van der Waals surface area contributed by atoms with Crippen LogP contribution >= 0.6 is 11.6 Å². The maximum Gasteiger partial charge on any atom is 0.271 e. The quantitative estimate of drug-likeness (QED) is 0.681. The molecule has 0 fully saturated rings. The molecule has 2 rings (SSSR count). The van der Waals surface area contributed by atoms with Crippen LogP contribution < -0.4 is 10.6 Å². The lowest BCUT2D eigenvalue weighted by atomic mass is 10.1. The standard InChI is InChI=1S/C17H21ClN4O2/c1-24-11-3-9-20-17(23)15-6-7-16(22-21-15)19-10-8-13-4-2-5-14(18)12-13/h2,4-7,12H,3,8-11H2,1H3,(H,19,22)(H,20,23). The molecular weight excluding hydrogens is 328 g/mol. The van der Waals surface area contributed by atoms with Crippen molar-refractivity contribution in [2.24, 2.45) is 0 Å². The van der Waals surface area contributed by atoms with E-state index in [0.29, 0.717) is 31.2 Å². The van der Waals surface area contributed by atoms with Crippen molar-refractivity contribution >= 4 is 23.3 Å². The minimum Gasteiger partial charge on any atom is -0.385 e. The zero-order valence-electron chi connectivity index (χ0n) is 13.6. The van der Waals surface area contributed by atoms with Crippen LogP contribution in [0.4, 0.5) is 5.82 Å². The first-order chi connectivity index (χ1) is 11.7. The van der Waals surface area contributed by atoms with Gasteiger partial charge in [0.05, 0.1) is 0 Å². The van der Waals surface area contributed by atoms with Crippen LogP contribution in [0.25, 0.3) is 0 Å². The first-order valence-corrected chi connectivity index (χ1v) is 8.16. The van der Waals surface area contributed by atoms with Crippen molar-refractivity contribution in [3.05, 3.63) is 52.7 Å². The van der Waals surface area contributed by atoms with Crippen molar-refractivity contribution in [1.29, 1.82) is 0 Å². The van der Waals surface area contributed by atoms with E-state index in [1.54, 1.807) is 19.2 Å². The zero-order chi connectivity index (χ0) is 17.2. The highest BCUT2D eigenvalue weighted by atomic mass is 35.5. The third-order valence-corrected chi connectivity index (χ3v) is 3.55. The summed E-state index contributed by atoms with van der Waals surface area (Å²) in [6, 6.07) is 11.1. The van der Waals surface area contributed by atoms with E-state index in [1.807, 2.05) is 24.3 Å². The molecule has 2 aromatic rings. The van der Waals surface area contributed by atoms with Gasteiger partial charge in [0, 0.05) is 31.8 Å². The van der Waals surface area contributed by atoms with Gasteiger partial charge in [-0.3, -0.25) is 4.79 Å². The topological polar surface area (TPSA) is 76.1 Å². The second kappa shape index (κ2) is 9.85. The van der Waals surface area contributed by atoms with Gasteiger partial charge in [-0.2, -0.15) is 0 Å². The number of nitrogens with one attached hydrogen (secondary N) is 2. The molecule has 1 amide bonds. The van der Waals surface area contributed by atoms with E-state index in [4.69, 9.17) is 16.3 Å². The second-order valence-corrected chi connectivity index (χ2v) is 5.65. The van der Waals surface area contributed by atoms with Gasteiger partial charge in [0.25, 0.3) is 5.91 Å². The van der Waals surface area contributed by atoms with Crippen LogP contribution in [0.2, 0.25) is 5.02 Å². The van der Waals surface area contributed by atoms with E-state index >= 15 is 0 Å². The van der Waals surface area contributed by atoms with E-state index in [9.17, 15) is 4.79 Å². The summed E-state index contributed by atoms with van der Waals surface area (Å²) in [6.45, 7) is 1.87. The Morgan fingerprint density at radius 3 is 2.79 bits per heavy atom. The Kier molecular flexibility index (Phi) is 7.45. The molecule has 1 aromatic heterocycles. The zero-order valence-corrected chi connectivity index (χ0v) is 14.3. The van der Waals surface area contributed by atoms with E-state index < -0.39 is 0 Å². The SMILES string of the molecule is COCCCNC(=O)c1ccc(NCCc2cccc(Cl)c2)nn1. The van der Waals surface area contributed by atoms with Crippen molar-refractivity contribution in [2.75, 3.05) is 32.1 Å². The monoisotopic (exact) mass is 348 g/mol. The number of anilines is 1. The number of methoxy groups -OCH3 is 1. The average molecular weight is 349 g/mol. The smallest absolute Gasteiger partial charge is 0.271 e. The number of ether oxygens (including phenoxy) is 1. The lowest BCUT2D eigenvalue weighted by Gasteiger charge is -2.07. The fraction of sp³-hybridized carbons (Fsp3) is 0.353. The number of hydrogen-bond acceptors (Lipinski definition) is 5. The van der Waals surface area contributed by atoms with E-state index in [2.05, 4.69) is 20.8 Å². The maximum absolute atomic E-state index is 11.9. The van der Waals surface area contributed by atoms with Crippen molar-refractivity contribution in [3.8, 4) is 0 Å². The molecule has 6 nitrogen and oxygen atoms in total. The van der Waals surface area contributed by atoms with Crippen LogP contribution in [0.5, 0.6) is 0 Å². The van der Waals surface area contributed by atoms with Gasteiger partial charge in [0.2, 0.25) is 0 Å². The largest absolute Gasteiger partial charge is 0.385 e. The number of benzene rings is 1. The molecule has 0 bridgehead atoms. The Bertz CT molecular complexity index is 649. The molecule has 1 heterocycles. The van der Waals surface area contributed by atoms with Crippen LogP contribution in [-0.2, 0) is 11.2 Å². The lowest BCUT2D eigenvalue weighted by molar-refractivity contribution is 0.0942. The molecule has 0 atom stereocenters. The van der Waals surface area contributed by atoms with Crippen LogP contribution in [0.15, 0.2) is 36.4 Å². The summed E-state index contributed by atoms with van der Waals surface area (Å²) in [5.74, 6) is 0.400. The van der Waals surface area contributed by atoms with Crippen LogP contribution in [0.1, 0.15) is 22.5 Å². The first kappa shape index (κ1) is 18.2. The Morgan fingerprint density at radius 2 is 2.08 bits per heavy atom. The van der Waals surface area contributed by atoms with Gasteiger partial charge >= 0.3 is 0 Å². The Balaban J connectivity index is 1.76. The second-order valence-electron chi connectivity index (χ2n) is 5.21. The van der Waals surface area contributed by atoms with Gasteiger partial charge < -0.3 is 15.4 Å². The molecule has 0 aliphatic heterocycles. The van der Waals surface area contributed by atoms with E-state index in [0.717, 1.165) is 23.4 Å². The number of carbonyl (C=O) groups excluding carboxylic acids is 1. The van der Waals surface area contributed by atoms with Crippen LogP contribution in [0, 0.1) is 0 Å². The maximum atomic E-state index is 11.9. The summed E-state index contributed by atoms with van der Waals surface area (Å²) < 4.78 is 4.93. The third kappa shape index (κ3) is 6.14. The molecular formula is C17H21ClN4O2. The van der Waals surface area contributed by atoms with Crippen molar-refractivity contribution in [3.63, 3.8) is 0 Å². The molecule has 0 saturated carbocycles. The Morgan fingerprint density at radius 1 is 1.21 bits per heavy atom. The summed E-state index contributed by atoms with van der Waals surface area (Å²) in [7, 11) is 1.63. The minimum atomic E-state index is -0.232. The van der Waals surface area contributed by atoms with Gasteiger partial charge in [0.15, 0.2) is 5.69 Å².